The van der Waals surface area contributed by atoms with E-state index in [1.54, 1.807) is 17.0 Å². The molecule has 6 aromatic rings. The van der Waals surface area contributed by atoms with Gasteiger partial charge in [-0.1, -0.05) is 106 Å². The molecule has 1 unspecified atom stereocenters. The summed E-state index contributed by atoms with van der Waals surface area (Å²) < 4.78 is 13.0. The molecule has 17 heteroatoms. The minimum absolute atomic E-state index is 0. The van der Waals surface area contributed by atoms with Crippen LogP contribution in [0.25, 0.3) is 0 Å². The van der Waals surface area contributed by atoms with Gasteiger partial charge in [0, 0.05) is 63.2 Å². The molecule has 4 fully saturated rings. The number of hydrogen-bond donors (Lipinski definition) is 6. The van der Waals surface area contributed by atoms with E-state index in [4.69, 9.17) is 9.16 Å². The fourth-order valence-electron chi connectivity index (χ4n) is 10.6. The number of likely N-dealkylation sites (tertiary alicyclic amines) is 1. The molecule has 2 saturated heterocycles. The highest BCUT2D eigenvalue weighted by Gasteiger charge is 2.48. The molecule has 4 aliphatic rings. The second kappa shape index (κ2) is 27.8. The Kier molecular flexibility index (Phi) is 21.4. The van der Waals surface area contributed by atoms with Gasteiger partial charge >= 0.3 is 12.1 Å². The molecule has 2 aliphatic carbocycles. The van der Waals surface area contributed by atoms with Crippen molar-refractivity contribution in [3.05, 3.63) is 177 Å². The number of aromatic amines is 2. The van der Waals surface area contributed by atoms with Gasteiger partial charge < -0.3 is 34.9 Å². The van der Waals surface area contributed by atoms with Gasteiger partial charge in [0.15, 0.2) is 8.32 Å². The molecule has 2 aromatic heterocycles. The van der Waals surface area contributed by atoms with Crippen LogP contribution in [0.3, 0.4) is 0 Å². The topological polar surface area (TPSA) is 198 Å². The number of aromatic carboxylic acids is 1. The summed E-state index contributed by atoms with van der Waals surface area (Å²) in [5.74, 6) is 0.428. The molecule has 0 spiro atoms. The Bertz CT molecular complexity index is 2970. The van der Waals surface area contributed by atoms with Gasteiger partial charge in [-0.05, 0) is 169 Å². The Morgan fingerprint density at radius 1 is 0.720 bits per heavy atom. The third-order valence-electron chi connectivity index (χ3n) is 16.4. The van der Waals surface area contributed by atoms with Gasteiger partial charge in [0.05, 0.1) is 47.4 Å². The standard InChI is InChI=1S/C30H43NO5Si.C27H32N4O2.C8H13N3.B/c1-29(2,3)35-28(34)31-24(20-21-14-16-23(17-15-21)27(32)33)18-19-25(31)26(22-12-10-9-11-13-22)36-37(7,8)30(4,5)6;1-31(17-23-16-25(30-29-23)19-11-12-19)27(33)21-9-7-18(8-10-21)15-22-13-14-24(28-22)26(32)20-5-3-2-4-6-20;1-9-5-7-4-8(11-10-7)6-2-3-6;/h9-17,24-26H,18-20H2,1-8H3,(H,32,33);2-10,16,19,22,24,26,28,32H,11-15,17H2,1H3,(H,29,30);4,6,9H,2-3,5H2,1H3,(H,10,11);/t24?,25-,26-;22-,24+,26+;;/m10../s1. The lowest BCUT2D eigenvalue weighted by molar-refractivity contribution is -0.00240. The smallest absolute Gasteiger partial charge is 0.410 e. The molecule has 0 bridgehead atoms. The predicted octanol–water partition coefficient (Wildman–Crippen LogP) is 12.0. The number of aromatic nitrogens is 4. The summed E-state index contributed by atoms with van der Waals surface area (Å²) in [6.45, 7) is 18.2. The second-order valence-corrected chi connectivity index (χ2v) is 30.0. The molecule has 10 rings (SSSR count). The molecule has 6 N–H and O–H groups in total. The summed E-state index contributed by atoms with van der Waals surface area (Å²) in [5.41, 5.74) is 9.07. The lowest BCUT2D eigenvalue weighted by Crippen LogP contribution is -2.50. The van der Waals surface area contributed by atoms with E-state index in [1.165, 1.54) is 42.6 Å². The number of carboxylic acids is 1. The number of rotatable bonds is 18. The maximum atomic E-state index is 13.7. The molecule has 437 valence electrons. The van der Waals surface area contributed by atoms with E-state index >= 15 is 0 Å². The van der Waals surface area contributed by atoms with Crippen LogP contribution in [0.1, 0.15) is 183 Å². The summed E-state index contributed by atoms with van der Waals surface area (Å²) in [6, 6.07) is 39.3. The normalized spacial score (nSPS) is 19.6. The average Bonchev–Trinajstić information content (AvgIpc) is 4.16. The van der Waals surface area contributed by atoms with E-state index in [2.05, 4.69) is 89.2 Å². The number of carboxylic acid groups (broad SMARTS) is 1. The first kappa shape index (κ1) is 63.2. The van der Waals surface area contributed by atoms with Crippen LogP contribution >= 0.6 is 0 Å². The fourth-order valence-corrected chi connectivity index (χ4v) is 11.9. The van der Waals surface area contributed by atoms with Gasteiger partial charge in [-0.25, -0.2) is 9.59 Å². The number of benzene rings is 4. The molecular weight excluding hydrogens is 1040 g/mol. The first-order valence-electron chi connectivity index (χ1n) is 29.2. The van der Waals surface area contributed by atoms with Gasteiger partial charge in [-0.3, -0.25) is 19.9 Å². The zero-order chi connectivity index (χ0) is 58.1. The van der Waals surface area contributed by atoms with Crippen molar-refractivity contribution in [2.75, 3.05) is 14.1 Å². The molecule has 4 heterocycles. The van der Waals surface area contributed by atoms with Crippen molar-refractivity contribution in [2.24, 2.45) is 0 Å². The molecular formula is C65H88BN8O7Si. The Balaban J connectivity index is 0.000000197. The Morgan fingerprint density at radius 2 is 1.26 bits per heavy atom. The molecule has 4 aromatic carbocycles. The van der Waals surface area contributed by atoms with Crippen molar-refractivity contribution in [3.8, 4) is 0 Å². The lowest BCUT2D eigenvalue weighted by Gasteiger charge is -2.43. The fraction of sp³-hybridized carbons (Fsp3) is 0.492. The number of H-pyrrole nitrogens is 2. The van der Waals surface area contributed by atoms with Gasteiger partial charge in [-0.15, -0.1) is 0 Å². The number of hydrogen-bond acceptors (Lipinski definition) is 10. The first-order chi connectivity index (χ1) is 38.5. The van der Waals surface area contributed by atoms with Crippen molar-refractivity contribution < 1.29 is 33.8 Å². The highest BCUT2D eigenvalue weighted by Crippen LogP contribution is 2.45. The van der Waals surface area contributed by atoms with E-state index in [9.17, 15) is 24.6 Å². The maximum absolute atomic E-state index is 13.7. The van der Waals surface area contributed by atoms with Gasteiger partial charge in [0.2, 0.25) is 0 Å². The zero-order valence-electron chi connectivity index (χ0n) is 50.0. The number of carbonyl (C=O) groups is 3. The van der Waals surface area contributed by atoms with E-state index in [-0.39, 0.29) is 55.2 Å². The van der Waals surface area contributed by atoms with Crippen molar-refractivity contribution in [3.63, 3.8) is 0 Å². The number of nitrogens with one attached hydrogen (secondary N) is 4. The summed E-state index contributed by atoms with van der Waals surface area (Å²) in [7, 11) is 1.59. The highest BCUT2D eigenvalue weighted by molar-refractivity contribution is 6.74. The summed E-state index contributed by atoms with van der Waals surface area (Å²) in [4.78, 5) is 41.5. The molecule has 2 aliphatic heterocycles. The monoisotopic (exact) mass is 1130 g/mol. The molecule has 6 atom stereocenters. The number of amides is 2. The van der Waals surface area contributed by atoms with Crippen LogP contribution in [-0.2, 0) is 35.1 Å². The lowest BCUT2D eigenvalue weighted by atomic mass is 10.0. The number of carbonyl (C=O) groups excluding carboxylic acids is 2. The average molecular weight is 1130 g/mol. The van der Waals surface area contributed by atoms with E-state index in [0.29, 0.717) is 30.5 Å². The number of ether oxygens (including phenoxy) is 1. The molecule has 2 amide bonds. The van der Waals surface area contributed by atoms with Crippen molar-refractivity contribution >= 4 is 34.7 Å². The molecule has 82 heavy (non-hydrogen) atoms. The summed E-state index contributed by atoms with van der Waals surface area (Å²) in [5, 5.41) is 41.3. The third kappa shape index (κ3) is 17.3. The van der Waals surface area contributed by atoms with Crippen molar-refractivity contribution in [2.45, 2.75) is 191 Å². The maximum Gasteiger partial charge on any atom is 0.410 e. The first-order valence-corrected chi connectivity index (χ1v) is 32.1. The van der Waals surface area contributed by atoms with Crippen molar-refractivity contribution in [1.82, 2.24) is 40.8 Å². The Labute approximate surface area is 489 Å². The summed E-state index contributed by atoms with van der Waals surface area (Å²) in [6.07, 6.45) is 9.11. The summed E-state index contributed by atoms with van der Waals surface area (Å²) >= 11 is 0. The molecule has 15 nitrogen and oxygen atoms in total. The SMILES string of the molecule is CC(C)(C)OC(=O)N1C(Cc2ccc(C(=O)O)cc2)CC[C@@H]1[C@H](O[Si](C)(C)C(C)(C)C)c1ccccc1.CN(Cc1cc(C2CC2)n[nH]1)C(=O)c1ccc(C[C@@H]2CC[C@H]([C@H](O)c3ccccc3)N2)cc1.CNCc1cc(C2CC2)n[nH]1.[B]. The van der Waals surface area contributed by atoms with E-state index in [1.807, 2.05) is 125 Å². The zero-order valence-corrected chi connectivity index (χ0v) is 51.0. The van der Waals surface area contributed by atoms with Crippen LogP contribution in [0, 0.1) is 0 Å². The van der Waals surface area contributed by atoms with Crippen LogP contribution in [0.4, 0.5) is 4.79 Å². The number of aliphatic hydroxyl groups is 1. The third-order valence-corrected chi connectivity index (χ3v) is 20.9. The Hall–Kier alpha value is -6.37. The van der Waals surface area contributed by atoms with Crippen LogP contribution in [0.5, 0.6) is 0 Å². The second-order valence-electron chi connectivity index (χ2n) is 25.3. The van der Waals surface area contributed by atoms with E-state index < -0.39 is 26.0 Å². The van der Waals surface area contributed by atoms with Gasteiger partial charge in [-0.2, -0.15) is 10.2 Å². The minimum Gasteiger partial charge on any atom is -0.478 e. The predicted molar refractivity (Wildman–Crippen MR) is 326 cm³/mol. The van der Waals surface area contributed by atoms with Gasteiger partial charge in [0.1, 0.15) is 5.60 Å². The van der Waals surface area contributed by atoms with Gasteiger partial charge in [0.25, 0.3) is 5.91 Å². The largest absolute Gasteiger partial charge is 0.478 e. The van der Waals surface area contributed by atoms with Crippen LogP contribution in [-0.4, -0.2) is 119 Å². The van der Waals surface area contributed by atoms with Crippen molar-refractivity contribution in [1.29, 1.82) is 0 Å². The van der Waals surface area contributed by atoms with Crippen LogP contribution in [0.15, 0.2) is 121 Å². The highest BCUT2D eigenvalue weighted by atomic mass is 28.4. The minimum atomic E-state index is -2.18. The van der Waals surface area contributed by atoms with Crippen LogP contribution < -0.4 is 10.6 Å². The molecule has 3 radical (unpaired) electrons. The van der Waals surface area contributed by atoms with E-state index in [0.717, 1.165) is 72.6 Å². The molecule has 2 saturated carbocycles. The number of nitrogens with zero attached hydrogens (tertiary/aromatic N) is 4. The van der Waals surface area contributed by atoms with Crippen LogP contribution in [0.2, 0.25) is 18.1 Å². The Morgan fingerprint density at radius 3 is 1.79 bits per heavy atom. The number of aliphatic hydroxyl groups excluding tert-OH is 1. The quantitative estimate of drug-likeness (QED) is 0.0448.